The van der Waals surface area contributed by atoms with Crippen molar-refractivity contribution in [3.63, 3.8) is 0 Å². The van der Waals surface area contributed by atoms with Crippen molar-refractivity contribution in [3.8, 4) is 0 Å². The quantitative estimate of drug-likeness (QED) is 0.907. The predicted molar refractivity (Wildman–Crippen MR) is 85.4 cm³/mol. The second-order valence-corrected chi connectivity index (χ2v) is 7.46. The van der Waals surface area contributed by atoms with E-state index in [0.717, 1.165) is 12.8 Å². The molecule has 4 nitrogen and oxygen atoms in total. The average molecular weight is 300 g/mol. The van der Waals surface area contributed by atoms with Gasteiger partial charge in [-0.15, -0.1) is 0 Å². The molecule has 1 aromatic rings. The number of hydrogen-bond acceptors (Lipinski definition) is 2. The molecule has 1 aromatic carbocycles. The third-order valence-electron chi connectivity index (χ3n) is 4.70. The van der Waals surface area contributed by atoms with Crippen molar-refractivity contribution in [2.75, 3.05) is 6.54 Å². The van der Waals surface area contributed by atoms with Gasteiger partial charge in [0.15, 0.2) is 0 Å². The van der Waals surface area contributed by atoms with Gasteiger partial charge in [-0.1, -0.05) is 24.3 Å². The van der Waals surface area contributed by atoms with Gasteiger partial charge in [-0.2, -0.15) is 0 Å². The number of benzene rings is 1. The molecule has 0 spiro atoms. The Morgan fingerprint density at radius 1 is 1.14 bits per heavy atom. The van der Waals surface area contributed by atoms with E-state index < -0.39 is 0 Å². The number of nitrogens with zero attached hydrogens (tertiary/aromatic N) is 1. The number of carbonyl (C=O) groups excluding carboxylic acids is 2. The van der Waals surface area contributed by atoms with Crippen molar-refractivity contribution in [1.82, 2.24) is 10.2 Å². The average Bonchev–Trinajstić information content (AvgIpc) is 3.00. The molecule has 3 rings (SSSR count). The largest absolute Gasteiger partial charge is 0.352 e. The first-order chi connectivity index (χ1) is 10.3. The number of likely N-dealkylation sites (tertiary alicyclic amines) is 1. The first-order valence-electron chi connectivity index (χ1n) is 8.02. The van der Waals surface area contributed by atoms with Gasteiger partial charge in [-0.25, -0.2) is 0 Å². The first kappa shape index (κ1) is 15.1. The van der Waals surface area contributed by atoms with Crippen LogP contribution in [0.25, 0.3) is 0 Å². The maximum Gasteiger partial charge on any atom is 0.225 e. The molecule has 0 aromatic heterocycles. The molecule has 0 saturated carbocycles. The number of nitrogens with one attached hydrogen (secondary N) is 1. The first-order valence-corrected chi connectivity index (χ1v) is 8.02. The maximum atomic E-state index is 12.5. The lowest BCUT2D eigenvalue weighted by Gasteiger charge is -2.32. The fraction of sp³-hybridized carbons (Fsp3) is 0.556. The highest BCUT2D eigenvalue weighted by molar-refractivity contribution is 5.89. The fourth-order valence-electron chi connectivity index (χ4n) is 3.51. The minimum absolute atomic E-state index is 0.0258. The summed E-state index contributed by atoms with van der Waals surface area (Å²) in [6.45, 7) is 6.57. The Morgan fingerprint density at radius 2 is 1.73 bits per heavy atom. The van der Waals surface area contributed by atoms with E-state index >= 15 is 0 Å². The van der Waals surface area contributed by atoms with E-state index in [0.29, 0.717) is 13.0 Å². The van der Waals surface area contributed by atoms with E-state index in [1.54, 1.807) is 0 Å². The second-order valence-electron chi connectivity index (χ2n) is 7.46. The van der Waals surface area contributed by atoms with Gasteiger partial charge in [0.25, 0.3) is 0 Å². The lowest BCUT2D eigenvalue weighted by Crippen LogP contribution is -2.44. The van der Waals surface area contributed by atoms with Crippen molar-refractivity contribution >= 4 is 11.8 Å². The molecule has 0 bridgehead atoms. The highest BCUT2D eigenvalue weighted by Gasteiger charge is 2.40. The fourth-order valence-corrected chi connectivity index (χ4v) is 3.51. The SMILES string of the molecule is CC(C)(C)N1C[C@H](C(=O)NC2Cc3ccccc3C2)CC1=O. The van der Waals surface area contributed by atoms with Gasteiger partial charge in [0.2, 0.25) is 11.8 Å². The minimum atomic E-state index is -0.213. The Bertz CT molecular complexity index is 578. The Hall–Kier alpha value is -1.84. The van der Waals surface area contributed by atoms with Crippen LogP contribution in [0.1, 0.15) is 38.3 Å². The molecule has 1 aliphatic carbocycles. The van der Waals surface area contributed by atoms with Gasteiger partial charge >= 0.3 is 0 Å². The lowest BCUT2D eigenvalue weighted by atomic mass is 10.1. The Morgan fingerprint density at radius 3 is 2.23 bits per heavy atom. The van der Waals surface area contributed by atoms with E-state index in [-0.39, 0.29) is 29.3 Å². The molecule has 1 atom stereocenters. The molecular weight excluding hydrogens is 276 g/mol. The van der Waals surface area contributed by atoms with Crippen LogP contribution in [0.4, 0.5) is 0 Å². The summed E-state index contributed by atoms with van der Waals surface area (Å²) in [6.07, 6.45) is 2.12. The van der Waals surface area contributed by atoms with Gasteiger partial charge in [0.05, 0.1) is 5.92 Å². The summed E-state index contributed by atoms with van der Waals surface area (Å²) in [5.74, 6) is -0.101. The maximum absolute atomic E-state index is 12.5. The Balaban J connectivity index is 1.59. The summed E-state index contributed by atoms with van der Waals surface area (Å²) in [6, 6.07) is 8.51. The van der Waals surface area contributed by atoms with Gasteiger partial charge < -0.3 is 10.2 Å². The van der Waals surface area contributed by atoms with Crippen LogP contribution < -0.4 is 5.32 Å². The summed E-state index contributed by atoms with van der Waals surface area (Å²) >= 11 is 0. The summed E-state index contributed by atoms with van der Waals surface area (Å²) in [5.41, 5.74) is 2.44. The Labute approximate surface area is 131 Å². The smallest absolute Gasteiger partial charge is 0.225 e. The number of rotatable bonds is 2. The molecule has 0 unspecified atom stereocenters. The van der Waals surface area contributed by atoms with Gasteiger partial charge in [-0.3, -0.25) is 9.59 Å². The molecule has 1 fully saturated rings. The van der Waals surface area contributed by atoms with Gasteiger partial charge in [0, 0.05) is 24.5 Å². The zero-order chi connectivity index (χ0) is 15.9. The zero-order valence-electron chi connectivity index (χ0n) is 13.6. The van der Waals surface area contributed by atoms with Crippen LogP contribution in [0, 0.1) is 5.92 Å². The molecule has 1 heterocycles. The molecule has 118 valence electrons. The van der Waals surface area contributed by atoms with Gasteiger partial charge in [0.1, 0.15) is 0 Å². The number of amides is 2. The van der Waals surface area contributed by atoms with Crippen LogP contribution in [-0.2, 0) is 22.4 Å². The van der Waals surface area contributed by atoms with Crippen LogP contribution >= 0.6 is 0 Å². The highest BCUT2D eigenvalue weighted by atomic mass is 16.2. The molecule has 1 aliphatic heterocycles. The molecule has 0 radical (unpaired) electrons. The third kappa shape index (κ3) is 2.87. The lowest BCUT2D eigenvalue weighted by molar-refractivity contribution is -0.132. The van der Waals surface area contributed by atoms with Crippen LogP contribution in [-0.4, -0.2) is 34.8 Å². The van der Waals surface area contributed by atoms with E-state index in [2.05, 4.69) is 17.4 Å². The van der Waals surface area contributed by atoms with Crippen molar-refractivity contribution in [2.45, 2.75) is 51.6 Å². The van der Waals surface area contributed by atoms with Crippen LogP contribution in [0.3, 0.4) is 0 Å². The summed E-state index contributed by atoms with van der Waals surface area (Å²) in [5, 5.41) is 3.14. The summed E-state index contributed by atoms with van der Waals surface area (Å²) in [4.78, 5) is 26.4. The molecule has 2 amide bonds. The summed E-state index contributed by atoms with van der Waals surface area (Å²) in [7, 11) is 0. The highest BCUT2D eigenvalue weighted by Crippen LogP contribution is 2.27. The Kier molecular flexibility index (Phi) is 3.71. The standard InChI is InChI=1S/C18H24N2O2/c1-18(2,3)20-11-14(10-16(20)21)17(22)19-15-8-12-6-4-5-7-13(12)9-15/h4-7,14-15H,8-11H2,1-3H3,(H,19,22)/t14-/m1/s1. The molecule has 1 N–H and O–H groups in total. The zero-order valence-corrected chi connectivity index (χ0v) is 13.6. The summed E-state index contributed by atoms with van der Waals surface area (Å²) < 4.78 is 0. The second kappa shape index (κ2) is 5.41. The minimum Gasteiger partial charge on any atom is -0.352 e. The molecule has 22 heavy (non-hydrogen) atoms. The van der Waals surface area contributed by atoms with Crippen molar-refractivity contribution in [1.29, 1.82) is 0 Å². The molecular formula is C18H24N2O2. The molecule has 1 saturated heterocycles. The van der Waals surface area contributed by atoms with E-state index in [1.807, 2.05) is 37.8 Å². The number of carbonyl (C=O) groups is 2. The van der Waals surface area contributed by atoms with Crippen LogP contribution in [0.2, 0.25) is 0 Å². The molecule has 4 heteroatoms. The monoisotopic (exact) mass is 300 g/mol. The normalized spacial score (nSPS) is 22.0. The molecule has 2 aliphatic rings. The van der Waals surface area contributed by atoms with E-state index in [9.17, 15) is 9.59 Å². The van der Waals surface area contributed by atoms with Crippen molar-refractivity contribution < 1.29 is 9.59 Å². The van der Waals surface area contributed by atoms with E-state index in [4.69, 9.17) is 0 Å². The van der Waals surface area contributed by atoms with Crippen LogP contribution in [0.5, 0.6) is 0 Å². The van der Waals surface area contributed by atoms with Crippen LogP contribution in [0.15, 0.2) is 24.3 Å². The predicted octanol–water partition coefficient (Wildman–Crippen LogP) is 1.92. The number of fused-ring (bicyclic) bond motifs is 1. The van der Waals surface area contributed by atoms with Crippen molar-refractivity contribution in [2.24, 2.45) is 5.92 Å². The van der Waals surface area contributed by atoms with E-state index in [1.165, 1.54) is 11.1 Å². The van der Waals surface area contributed by atoms with Crippen molar-refractivity contribution in [3.05, 3.63) is 35.4 Å². The third-order valence-corrected chi connectivity index (χ3v) is 4.70. The topological polar surface area (TPSA) is 49.4 Å². The number of hydrogen-bond donors (Lipinski definition) is 1. The van der Waals surface area contributed by atoms with Gasteiger partial charge in [-0.05, 0) is 44.7 Å².